The molecule has 0 saturated carbocycles. The highest BCUT2D eigenvalue weighted by atomic mass is 32.2. The van der Waals surface area contributed by atoms with Crippen molar-refractivity contribution in [3.63, 3.8) is 0 Å². The Hall–Kier alpha value is -2.78. The van der Waals surface area contributed by atoms with Gasteiger partial charge in [0.1, 0.15) is 12.4 Å². The molecule has 0 saturated heterocycles. The maximum absolute atomic E-state index is 13.0. The second-order valence-corrected chi connectivity index (χ2v) is 8.70. The van der Waals surface area contributed by atoms with Crippen LogP contribution in [-0.2, 0) is 24.3 Å². The van der Waals surface area contributed by atoms with Gasteiger partial charge in [0, 0.05) is 12.7 Å². The van der Waals surface area contributed by atoms with E-state index in [-0.39, 0.29) is 4.90 Å². The first kappa shape index (κ1) is 22.5. The maximum atomic E-state index is 13.0. The molecule has 2 rings (SSSR count). The van der Waals surface area contributed by atoms with Gasteiger partial charge in [0.15, 0.2) is 6.10 Å². The zero-order valence-corrected chi connectivity index (χ0v) is 17.4. The molecule has 2 aromatic carbocycles. The van der Waals surface area contributed by atoms with E-state index in [4.69, 9.17) is 4.74 Å². The number of nitrogens with one attached hydrogen (secondary N) is 1. The van der Waals surface area contributed by atoms with Gasteiger partial charge in [0.2, 0.25) is 10.0 Å². The van der Waals surface area contributed by atoms with Crippen molar-refractivity contribution in [3.8, 4) is 0 Å². The van der Waals surface area contributed by atoms with E-state index < -0.39 is 40.4 Å². The van der Waals surface area contributed by atoms with Crippen LogP contribution in [0.2, 0.25) is 0 Å². The number of rotatable bonds is 7. The zero-order valence-electron chi connectivity index (χ0n) is 16.6. The third-order valence-corrected chi connectivity index (χ3v) is 6.02. The first-order valence-electron chi connectivity index (χ1n) is 8.80. The Labute approximate surface area is 169 Å². The van der Waals surface area contributed by atoms with Crippen molar-refractivity contribution >= 4 is 27.6 Å². The molecule has 0 aliphatic rings. The van der Waals surface area contributed by atoms with Crippen LogP contribution in [0.3, 0.4) is 0 Å². The van der Waals surface area contributed by atoms with Gasteiger partial charge in [-0.25, -0.2) is 12.8 Å². The predicted octanol–water partition coefficient (Wildman–Crippen LogP) is 2.63. The minimum absolute atomic E-state index is 0.157. The summed E-state index contributed by atoms with van der Waals surface area (Å²) in [6, 6.07) is 9.80. The third kappa shape index (κ3) is 5.85. The SMILES string of the molecule is Cc1ccc(C)c(NC(=O)[C@H](C)OC(=O)CN(C)S(=O)(=O)c2ccc(F)cc2)c1. The summed E-state index contributed by atoms with van der Waals surface area (Å²) in [4.78, 5) is 24.2. The fourth-order valence-corrected chi connectivity index (χ4v) is 3.56. The van der Waals surface area contributed by atoms with E-state index in [1.807, 2.05) is 26.0 Å². The number of aryl methyl sites for hydroxylation is 2. The topological polar surface area (TPSA) is 92.8 Å². The van der Waals surface area contributed by atoms with Gasteiger partial charge in [-0.3, -0.25) is 9.59 Å². The van der Waals surface area contributed by atoms with Crippen LogP contribution in [0.1, 0.15) is 18.1 Å². The van der Waals surface area contributed by atoms with Crippen LogP contribution in [0.25, 0.3) is 0 Å². The average Bonchev–Trinajstić information content (AvgIpc) is 2.64. The molecule has 156 valence electrons. The Kier molecular flexibility index (Phi) is 7.10. The molecule has 9 heteroatoms. The summed E-state index contributed by atoms with van der Waals surface area (Å²) < 4.78 is 43.7. The van der Waals surface area contributed by atoms with Crippen molar-refractivity contribution < 1.29 is 27.1 Å². The largest absolute Gasteiger partial charge is 0.452 e. The quantitative estimate of drug-likeness (QED) is 0.693. The zero-order chi connectivity index (χ0) is 21.8. The lowest BCUT2D eigenvalue weighted by Crippen LogP contribution is -2.37. The molecule has 29 heavy (non-hydrogen) atoms. The number of anilines is 1. The molecule has 0 aliphatic carbocycles. The molecule has 0 bridgehead atoms. The van der Waals surface area contributed by atoms with Crippen LogP contribution in [0, 0.1) is 19.7 Å². The molecule has 0 spiro atoms. The number of halogens is 1. The summed E-state index contributed by atoms with van der Waals surface area (Å²) in [5, 5.41) is 2.69. The maximum Gasteiger partial charge on any atom is 0.322 e. The normalized spacial score (nSPS) is 12.5. The fourth-order valence-electron chi connectivity index (χ4n) is 2.45. The van der Waals surface area contributed by atoms with E-state index >= 15 is 0 Å². The number of carbonyl (C=O) groups is 2. The second kappa shape index (κ2) is 9.15. The number of esters is 1. The summed E-state index contributed by atoms with van der Waals surface area (Å²) in [5.74, 6) is -1.99. The van der Waals surface area contributed by atoms with Crippen LogP contribution in [0.5, 0.6) is 0 Å². The summed E-state index contributed by atoms with van der Waals surface area (Å²) >= 11 is 0. The lowest BCUT2D eigenvalue weighted by atomic mass is 10.1. The number of sulfonamides is 1. The van der Waals surface area contributed by atoms with Gasteiger partial charge in [-0.2, -0.15) is 4.31 Å². The number of carbonyl (C=O) groups excluding carboxylic acids is 2. The first-order chi connectivity index (χ1) is 13.5. The Morgan fingerprint density at radius 2 is 1.76 bits per heavy atom. The second-order valence-electron chi connectivity index (χ2n) is 6.65. The molecule has 2 aromatic rings. The van der Waals surface area contributed by atoms with E-state index in [1.54, 1.807) is 6.07 Å². The van der Waals surface area contributed by atoms with Crippen molar-refractivity contribution in [3.05, 3.63) is 59.4 Å². The van der Waals surface area contributed by atoms with Crippen LogP contribution in [-0.4, -0.2) is 44.3 Å². The van der Waals surface area contributed by atoms with Crippen LogP contribution < -0.4 is 5.32 Å². The van der Waals surface area contributed by atoms with E-state index in [9.17, 15) is 22.4 Å². The number of benzene rings is 2. The van der Waals surface area contributed by atoms with Crippen LogP contribution in [0.15, 0.2) is 47.4 Å². The standard InChI is InChI=1S/C20H23FN2O5S/c1-13-5-6-14(2)18(11-13)22-20(25)15(3)28-19(24)12-23(4)29(26,27)17-9-7-16(21)8-10-17/h5-11,15H,12H2,1-4H3,(H,22,25)/t15-/m0/s1. The minimum atomic E-state index is -4.00. The van der Waals surface area contributed by atoms with Crippen molar-refractivity contribution in [2.75, 3.05) is 18.9 Å². The Morgan fingerprint density at radius 3 is 2.38 bits per heavy atom. The third-order valence-electron chi connectivity index (χ3n) is 4.20. The molecule has 0 radical (unpaired) electrons. The lowest BCUT2D eigenvalue weighted by Gasteiger charge is -2.19. The smallest absolute Gasteiger partial charge is 0.322 e. The van der Waals surface area contributed by atoms with Gasteiger partial charge in [-0.1, -0.05) is 12.1 Å². The van der Waals surface area contributed by atoms with Gasteiger partial charge in [0.05, 0.1) is 4.90 Å². The first-order valence-corrected chi connectivity index (χ1v) is 10.2. The van der Waals surface area contributed by atoms with E-state index in [2.05, 4.69) is 5.32 Å². The van der Waals surface area contributed by atoms with Crippen LogP contribution >= 0.6 is 0 Å². The van der Waals surface area contributed by atoms with E-state index in [1.165, 1.54) is 14.0 Å². The molecule has 0 unspecified atom stereocenters. The van der Waals surface area contributed by atoms with Crippen molar-refractivity contribution in [2.24, 2.45) is 0 Å². The molecule has 0 heterocycles. The lowest BCUT2D eigenvalue weighted by molar-refractivity contribution is -0.153. The molecule has 0 fully saturated rings. The number of hydrogen-bond donors (Lipinski definition) is 1. The Balaban J connectivity index is 1.97. The number of likely N-dealkylation sites (N-methyl/N-ethyl adjacent to an activating group) is 1. The molecular formula is C20H23FN2O5S. The van der Waals surface area contributed by atoms with Gasteiger partial charge in [-0.15, -0.1) is 0 Å². The molecule has 0 aliphatic heterocycles. The molecule has 1 amide bonds. The highest BCUT2D eigenvalue weighted by molar-refractivity contribution is 7.89. The minimum Gasteiger partial charge on any atom is -0.452 e. The van der Waals surface area contributed by atoms with Gasteiger partial charge >= 0.3 is 5.97 Å². The van der Waals surface area contributed by atoms with Crippen molar-refractivity contribution in [1.29, 1.82) is 0 Å². The number of ether oxygens (including phenoxy) is 1. The highest BCUT2D eigenvalue weighted by Gasteiger charge is 2.26. The number of nitrogens with zero attached hydrogens (tertiary/aromatic N) is 1. The number of amides is 1. The van der Waals surface area contributed by atoms with Gasteiger partial charge in [-0.05, 0) is 62.2 Å². The van der Waals surface area contributed by atoms with E-state index in [0.29, 0.717) is 5.69 Å². The Morgan fingerprint density at radius 1 is 1.14 bits per heavy atom. The molecule has 1 atom stereocenters. The van der Waals surface area contributed by atoms with Crippen molar-refractivity contribution in [2.45, 2.75) is 31.8 Å². The van der Waals surface area contributed by atoms with E-state index in [0.717, 1.165) is 39.7 Å². The van der Waals surface area contributed by atoms with Crippen LogP contribution in [0.4, 0.5) is 10.1 Å². The van der Waals surface area contributed by atoms with Crippen molar-refractivity contribution in [1.82, 2.24) is 4.31 Å². The molecule has 7 nitrogen and oxygen atoms in total. The Bertz CT molecular complexity index is 1010. The summed E-state index contributed by atoms with van der Waals surface area (Å²) in [6.45, 7) is 4.52. The summed E-state index contributed by atoms with van der Waals surface area (Å²) in [7, 11) is -2.81. The average molecular weight is 422 g/mol. The fraction of sp³-hybridized carbons (Fsp3) is 0.300. The molecular weight excluding hydrogens is 399 g/mol. The summed E-state index contributed by atoms with van der Waals surface area (Å²) in [6.07, 6.45) is -1.12. The summed E-state index contributed by atoms with van der Waals surface area (Å²) in [5.41, 5.74) is 2.42. The monoisotopic (exact) mass is 422 g/mol. The highest BCUT2D eigenvalue weighted by Crippen LogP contribution is 2.17. The number of hydrogen-bond acceptors (Lipinski definition) is 5. The van der Waals surface area contributed by atoms with Gasteiger partial charge in [0.25, 0.3) is 5.91 Å². The molecule has 1 N–H and O–H groups in total. The van der Waals surface area contributed by atoms with Gasteiger partial charge < -0.3 is 10.1 Å². The molecule has 0 aromatic heterocycles. The predicted molar refractivity (Wildman–Crippen MR) is 106 cm³/mol.